The summed E-state index contributed by atoms with van der Waals surface area (Å²) in [5.41, 5.74) is 4.33. The van der Waals surface area contributed by atoms with Crippen LogP contribution in [0, 0.1) is 0 Å². The zero-order valence-corrected chi connectivity index (χ0v) is 20.5. The summed E-state index contributed by atoms with van der Waals surface area (Å²) in [5.74, 6) is 0.440. The van der Waals surface area contributed by atoms with E-state index in [1.807, 2.05) is 11.0 Å². The first-order valence-corrected chi connectivity index (χ1v) is 14.3. The molecule has 2 aromatic carbocycles. The summed E-state index contributed by atoms with van der Waals surface area (Å²) in [7, 11) is -3.13. The van der Waals surface area contributed by atoms with Gasteiger partial charge >= 0.3 is 6.18 Å². The van der Waals surface area contributed by atoms with E-state index < -0.39 is 21.8 Å². The van der Waals surface area contributed by atoms with Crippen LogP contribution in [0.4, 0.5) is 18.9 Å². The van der Waals surface area contributed by atoms with E-state index in [-0.39, 0.29) is 17.1 Å². The number of sulfonamides is 1. The van der Waals surface area contributed by atoms with Crippen molar-refractivity contribution in [1.29, 1.82) is 0 Å². The topological polar surface area (TPSA) is 40.6 Å². The van der Waals surface area contributed by atoms with Crippen molar-refractivity contribution in [3.8, 4) is 0 Å². The molecule has 4 nitrogen and oxygen atoms in total. The molecule has 0 amide bonds. The molecule has 0 aromatic heterocycles. The Kier molecular flexibility index (Phi) is 5.68. The normalized spacial score (nSPS) is 23.5. The minimum absolute atomic E-state index is 0.179. The zero-order valence-electron chi connectivity index (χ0n) is 19.7. The van der Waals surface area contributed by atoms with Crippen LogP contribution in [0.25, 0.3) is 0 Å². The number of nitrogens with zero attached hydrogens (tertiary/aromatic N) is 2. The quantitative estimate of drug-likeness (QED) is 0.524. The van der Waals surface area contributed by atoms with Gasteiger partial charge in [0, 0.05) is 32.1 Å². The Balaban J connectivity index is 1.19. The Morgan fingerprint density at radius 2 is 1.74 bits per heavy atom. The third-order valence-corrected chi connectivity index (χ3v) is 10.9. The predicted octanol–water partition coefficient (Wildman–Crippen LogP) is 5.47. The standard InChI is InChI=1S/C27H31F3N2O2S/c28-27(29,30)25-7-1-4-21(26(25)31-12-3-13-31)15-20-9-8-19-14-18(10-11-24(19)20)22-16-32(17-22)35(33,34)23-5-2-6-23/h1,4,7,10-11,14,20,22-23H,2-3,5-6,8-9,12-13,15-17H2. The van der Waals surface area contributed by atoms with Gasteiger partial charge in [-0.2, -0.15) is 13.2 Å². The molecule has 6 rings (SSSR count). The SMILES string of the molecule is O=S(=O)(C1CCC1)N1CC(c2ccc3c(c2)CCC3Cc2cccc(C(F)(F)F)c2N2CCC2)C1. The zero-order chi connectivity index (χ0) is 24.4. The molecule has 0 N–H and O–H groups in total. The highest BCUT2D eigenvalue weighted by Gasteiger charge is 2.43. The fraction of sp³-hybridized carbons (Fsp3) is 0.556. The first-order valence-electron chi connectivity index (χ1n) is 12.8. The highest BCUT2D eigenvalue weighted by atomic mass is 32.2. The van der Waals surface area contributed by atoms with Gasteiger partial charge in [0.2, 0.25) is 10.0 Å². The van der Waals surface area contributed by atoms with Crippen LogP contribution in [-0.2, 0) is 29.0 Å². The van der Waals surface area contributed by atoms with Gasteiger partial charge in [-0.05, 0) is 72.8 Å². The van der Waals surface area contributed by atoms with Crippen molar-refractivity contribution in [2.45, 2.75) is 68.2 Å². The second-order valence-electron chi connectivity index (χ2n) is 10.7. The molecule has 35 heavy (non-hydrogen) atoms. The van der Waals surface area contributed by atoms with Crippen molar-refractivity contribution < 1.29 is 21.6 Å². The molecule has 0 radical (unpaired) electrons. The van der Waals surface area contributed by atoms with E-state index in [9.17, 15) is 21.6 Å². The van der Waals surface area contributed by atoms with E-state index in [2.05, 4.69) is 18.2 Å². The van der Waals surface area contributed by atoms with Gasteiger partial charge in [0.15, 0.2) is 0 Å². The minimum Gasteiger partial charge on any atom is -0.371 e. The Hall–Kier alpha value is -2.06. The summed E-state index contributed by atoms with van der Waals surface area (Å²) in [6, 6.07) is 11.1. The number of alkyl halides is 3. The lowest BCUT2D eigenvalue weighted by atomic mass is 9.88. The van der Waals surface area contributed by atoms with Crippen LogP contribution in [0.5, 0.6) is 0 Å². The minimum atomic E-state index is -4.35. The molecule has 8 heteroatoms. The second-order valence-corrected chi connectivity index (χ2v) is 12.9. The lowest BCUT2D eigenvalue weighted by Gasteiger charge is -2.42. The highest BCUT2D eigenvalue weighted by molar-refractivity contribution is 7.89. The summed E-state index contributed by atoms with van der Waals surface area (Å²) < 4.78 is 68.2. The Labute approximate surface area is 205 Å². The number of hydrogen-bond acceptors (Lipinski definition) is 3. The monoisotopic (exact) mass is 504 g/mol. The number of rotatable bonds is 6. The summed E-state index contributed by atoms with van der Waals surface area (Å²) in [6.45, 7) is 2.48. The number of halogens is 3. The molecule has 1 saturated carbocycles. The molecule has 4 aliphatic rings. The third kappa shape index (κ3) is 4.06. The first-order chi connectivity index (χ1) is 16.7. The van der Waals surface area contributed by atoms with Gasteiger partial charge in [0.25, 0.3) is 0 Å². The lowest BCUT2D eigenvalue weighted by molar-refractivity contribution is -0.137. The number of fused-ring (bicyclic) bond motifs is 1. The maximum atomic E-state index is 13.8. The molecule has 0 bridgehead atoms. The van der Waals surface area contributed by atoms with Crippen LogP contribution in [0.2, 0.25) is 0 Å². The molecule has 1 atom stereocenters. The van der Waals surface area contributed by atoms with E-state index in [0.29, 0.717) is 38.3 Å². The number of benzene rings is 2. The number of aryl methyl sites for hydroxylation is 1. The van der Waals surface area contributed by atoms with E-state index in [4.69, 9.17) is 0 Å². The Bertz CT molecular complexity index is 1230. The summed E-state index contributed by atoms with van der Waals surface area (Å²) in [6.07, 6.45) is 1.62. The van der Waals surface area contributed by atoms with Crippen LogP contribution < -0.4 is 4.90 Å². The fourth-order valence-corrected chi connectivity index (χ4v) is 8.22. The molecule has 2 aromatic rings. The van der Waals surface area contributed by atoms with Crippen LogP contribution in [0.15, 0.2) is 36.4 Å². The number of para-hydroxylation sites is 1. The molecule has 2 aliphatic carbocycles. The summed E-state index contributed by atoms with van der Waals surface area (Å²) >= 11 is 0. The van der Waals surface area contributed by atoms with Crippen molar-refractivity contribution in [3.05, 3.63) is 64.2 Å². The molecule has 2 saturated heterocycles. The smallest absolute Gasteiger partial charge is 0.371 e. The molecular weight excluding hydrogens is 473 g/mol. The largest absolute Gasteiger partial charge is 0.418 e. The number of hydrogen-bond donors (Lipinski definition) is 0. The first kappa shape index (κ1) is 23.3. The van der Waals surface area contributed by atoms with Gasteiger partial charge in [-0.25, -0.2) is 12.7 Å². The third-order valence-electron chi connectivity index (χ3n) is 8.59. The lowest BCUT2D eigenvalue weighted by Crippen LogP contribution is -2.52. The maximum Gasteiger partial charge on any atom is 0.418 e. The molecule has 1 unspecified atom stereocenters. The Morgan fingerprint density at radius 1 is 0.971 bits per heavy atom. The van der Waals surface area contributed by atoms with E-state index in [1.54, 1.807) is 10.4 Å². The number of anilines is 1. The summed E-state index contributed by atoms with van der Waals surface area (Å²) in [4.78, 5) is 1.87. The molecule has 0 spiro atoms. The molecule has 2 heterocycles. The highest BCUT2D eigenvalue weighted by Crippen LogP contribution is 2.44. The van der Waals surface area contributed by atoms with Gasteiger partial charge in [-0.1, -0.05) is 36.8 Å². The average molecular weight is 505 g/mol. The van der Waals surface area contributed by atoms with Gasteiger partial charge in [-0.15, -0.1) is 0 Å². The van der Waals surface area contributed by atoms with Gasteiger partial charge in [0.1, 0.15) is 0 Å². The second kappa shape index (κ2) is 8.51. The molecule has 188 valence electrons. The van der Waals surface area contributed by atoms with Gasteiger partial charge in [0.05, 0.1) is 16.5 Å². The molecule has 3 fully saturated rings. The van der Waals surface area contributed by atoms with Crippen molar-refractivity contribution >= 4 is 15.7 Å². The van der Waals surface area contributed by atoms with E-state index >= 15 is 0 Å². The Morgan fingerprint density at radius 3 is 2.37 bits per heavy atom. The predicted molar refractivity (Wildman–Crippen MR) is 130 cm³/mol. The fourth-order valence-electron chi connectivity index (χ4n) is 6.09. The maximum absolute atomic E-state index is 13.8. The van der Waals surface area contributed by atoms with Gasteiger partial charge < -0.3 is 4.90 Å². The van der Waals surface area contributed by atoms with Crippen LogP contribution in [0.3, 0.4) is 0 Å². The summed E-state index contributed by atoms with van der Waals surface area (Å²) in [5, 5.41) is -0.179. The van der Waals surface area contributed by atoms with Gasteiger partial charge in [-0.3, -0.25) is 0 Å². The van der Waals surface area contributed by atoms with Crippen molar-refractivity contribution in [2.24, 2.45) is 0 Å². The van der Waals surface area contributed by atoms with Crippen LogP contribution in [-0.4, -0.2) is 44.2 Å². The molecule has 2 aliphatic heterocycles. The van der Waals surface area contributed by atoms with E-state index in [1.165, 1.54) is 22.8 Å². The van der Waals surface area contributed by atoms with E-state index in [0.717, 1.165) is 44.1 Å². The van der Waals surface area contributed by atoms with Crippen molar-refractivity contribution in [1.82, 2.24) is 4.31 Å². The molecular formula is C27H31F3N2O2S. The van der Waals surface area contributed by atoms with Crippen molar-refractivity contribution in [2.75, 3.05) is 31.1 Å². The van der Waals surface area contributed by atoms with Crippen molar-refractivity contribution in [3.63, 3.8) is 0 Å². The average Bonchev–Trinajstić information content (AvgIpc) is 3.06. The van der Waals surface area contributed by atoms with Crippen LogP contribution >= 0.6 is 0 Å². The van der Waals surface area contributed by atoms with Crippen LogP contribution in [0.1, 0.15) is 71.8 Å².